The van der Waals surface area contributed by atoms with Crippen LogP contribution in [-0.2, 0) is 9.53 Å². The van der Waals surface area contributed by atoms with Crippen molar-refractivity contribution in [2.24, 2.45) is 5.41 Å². The molecule has 1 heterocycles. The van der Waals surface area contributed by atoms with Gasteiger partial charge in [0.15, 0.2) is 0 Å². The molecule has 0 aliphatic carbocycles. The fourth-order valence-electron chi connectivity index (χ4n) is 2.66. The number of amides is 2. The number of benzene rings is 1. The number of ether oxygens (including phenoxy) is 2. The number of rotatable bonds is 6. The highest BCUT2D eigenvalue weighted by atomic mass is 16.5. The molecule has 2 atom stereocenters. The van der Waals surface area contributed by atoms with E-state index in [1.165, 1.54) is 0 Å². The smallest absolute Gasteiger partial charge is 0.338 e. The van der Waals surface area contributed by atoms with Crippen molar-refractivity contribution in [1.29, 1.82) is 0 Å². The normalized spacial score (nSPS) is 18.4. The number of esters is 1. The molecule has 0 fully saturated rings. The lowest BCUT2D eigenvalue weighted by Gasteiger charge is -2.32. The first-order valence-electron chi connectivity index (χ1n) is 9.36. The molecule has 0 spiro atoms. The minimum Gasteiger partial charge on any atom is -0.493 e. The summed E-state index contributed by atoms with van der Waals surface area (Å²) < 4.78 is 11.5. The van der Waals surface area contributed by atoms with Crippen LogP contribution in [0.15, 0.2) is 35.5 Å². The molecule has 2 amide bonds. The molecule has 6 heteroatoms. The summed E-state index contributed by atoms with van der Waals surface area (Å²) in [6.45, 7) is 12.2. The first kappa shape index (κ1) is 20.8. The first-order valence-corrected chi connectivity index (χ1v) is 9.36. The average molecular weight is 374 g/mol. The zero-order valence-corrected chi connectivity index (χ0v) is 17.0. The fourth-order valence-corrected chi connectivity index (χ4v) is 2.66. The van der Waals surface area contributed by atoms with Gasteiger partial charge >= 0.3 is 12.0 Å². The Kier molecular flexibility index (Phi) is 6.52. The van der Waals surface area contributed by atoms with Gasteiger partial charge in [0, 0.05) is 11.3 Å². The van der Waals surface area contributed by atoms with E-state index in [0.717, 1.165) is 12.0 Å². The highest BCUT2D eigenvalue weighted by Crippen LogP contribution is 2.34. The quantitative estimate of drug-likeness (QED) is 0.736. The lowest BCUT2D eigenvalue weighted by molar-refractivity contribution is -0.149. The maximum absolute atomic E-state index is 13.0. The van der Waals surface area contributed by atoms with Crippen LogP contribution >= 0.6 is 0 Å². The zero-order valence-electron chi connectivity index (χ0n) is 17.0. The minimum atomic E-state index is -0.633. The summed E-state index contributed by atoms with van der Waals surface area (Å²) in [5, 5.41) is 5.51. The number of urea groups is 1. The monoisotopic (exact) mass is 374 g/mol. The van der Waals surface area contributed by atoms with Gasteiger partial charge in [-0.05, 0) is 31.7 Å². The summed E-state index contributed by atoms with van der Waals surface area (Å²) >= 11 is 0. The second-order valence-corrected chi connectivity index (χ2v) is 7.87. The average Bonchev–Trinajstić information content (AvgIpc) is 2.58. The number of carbonyl (C=O) groups excluding carboxylic acids is 2. The van der Waals surface area contributed by atoms with Crippen molar-refractivity contribution in [3.8, 4) is 5.75 Å². The van der Waals surface area contributed by atoms with Gasteiger partial charge in [-0.15, -0.1) is 0 Å². The molecule has 0 saturated carbocycles. The molecule has 0 unspecified atom stereocenters. The van der Waals surface area contributed by atoms with Crippen LogP contribution in [0.2, 0.25) is 0 Å². The largest absolute Gasteiger partial charge is 0.493 e. The maximum Gasteiger partial charge on any atom is 0.338 e. The Labute approximate surface area is 161 Å². The van der Waals surface area contributed by atoms with Crippen molar-refractivity contribution in [1.82, 2.24) is 10.6 Å². The Balaban J connectivity index is 2.41. The van der Waals surface area contributed by atoms with Gasteiger partial charge in [0.25, 0.3) is 0 Å². The lowest BCUT2D eigenvalue weighted by atomic mass is 9.90. The number of allylic oxidation sites excluding steroid dienone is 1. The summed E-state index contributed by atoms with van der Waals surface area (Å²) in [6, 6.07) is 6.44. The van der Waals surface area contributed by atoms with Gasteiger partial charge in [-0.25, -0.2) is 9.59 Å². The zero-order chi connectivity index (χ0) is 20.2. The molecular weight excluding hydrogens is 344 g/mol. The molecule has 1 aromatic carbocycles. The van der Waals surface area contributed by atoms with Crippen LogP contribution in [0.5, 0.6) is 5.75 Å². The number of carbonyl (C=O) groups is 2. The Hall–Kier alpha value is -2.50. The fraction of sp³-hybridized carbons (Fsp3) is 0.524. The summed E-state index contributed by atoms with van der Waals surface area (Å²) in [5.74, 6) is 0.200. The molecule has 6 nitrogen and oxygen atoms in total. The molecular formula is C21H30N2O4. The van der Waals surface area contributed by atoms with E-state index in [1.807, 2.05) is 58.9 Å². The summed E-state index contributed by atoms with van der Waals surface area (Å²) in [4.78, 5) is 25.1. The second-order valence-electron chi connectivity index (χ2n) is 7.87. The van der Waals surface area contributed by atoms with Gasteiger partial charge in [0.05, 0.1) is 18.2 Å². The van der Waals surface area contributed by atoms with Crippen LogP contribution < -0.4 is 15.4 Å². The van der Waals surface area contributed by atoms with Gasteiger partial charge in [-0.3, -0.25) is 0 Å². The predicted molar refractivity (Wildman–Crippen MR) is 104 cm³/mol. The molecule has 0 bridgehead atoms. The Morgan fingerprint density at radius 3 is 2.56 bits per heavy atom. The van der Waals surface area contributed by atoms with Crippen molar-refractivity contribution >= 4 is 12.0 Å². The third-order valence-electron chi connectivity index (χ3n) is 4.68. The van der Waals surface area contributed by atoms with E-state index in [1.54, 1.807) is 6.92 Å². The Bertz CT molecular complexity index is 734. The van der Waals surface area contributed by atoms with Crippen molar-refractivity contribution in [3.05, 3.63) is 41.1 Å². The molecule has 1 aliphatic rings. The van der Waals surface area contributed by atoms with E-state index < -0.39 is 12.0 Å². The third kappa shape index (κ3) is 5.02. The summed E-state index contributed by atoms with van der Waals surface area (Å²) in [6.07, 6.45) is 0.579. The molecule has 148 valence electrons. The second kappa shape index (κ2) is 8.46. The first-order chi connectivity index (χ1) is 12.6. The minimum absolute atomic E-state index is 0.187. The van der Waals surface area contributed by atoms with Crippen LogP contribution in [0, 0.1) is 5.41 Å². The topological polar surface area (TPSA) is 76.7 Å². The summed E-state index contributed by atoms with van der Waals surface area (Å²) in [7, 11) is 0. The van der Waals surface area contributed by atoms with Crippen LogP contribution in [0.3, 0.4) is 0 Å². The number of hydrogen-bond donors (Lipinski definition) is 2. The van der Waals surface area contributed by atoms with Gasteiger partial charge in [0.2, 0.25) is 0 Å². The van der Waals surface area contributed by atoms with Crippen LogP contribution in [-0.4, -0.2) is 24.7 Å². The molecule has 27 heavy (non-hydrogen) atoms. The van der Waals surface area contributed by atoms with Gasteiger partial charge in [-0.1, -0.05) is 45.9 Å². The maximum atomic E-state index is 13.0. The molecule has 0 aromatic heterocycles. The van der Waals surface area contributed by atoms with E-state index in [-0.39, 0.29) is 17.6 Å². The highest BCUT2D eigenvalue weighted by molar-refractivity contribution is 5.95. The van der Waals surface area contributed by atoms with Crippen molar-refractivity contribution in [2.75, 3.05) is 6.61 Å². The molecule has 2 rings (SSSR count). The molecule has 2 N–H and O–H groups in total. The van der Waals surface area contributed by atoms with E-state index in [2.05, 4.69) is 10.6 Å². The van der Waals surface area contributed by atoms with Crippen molar-refractivity contribution in [2.45, 2.75) is 60.1 Å². The standard InChI is InChI=1S/C21H30N2O4/c1-7-12-26-16-11-9-8-10-15(16)18-17(13(2)22-20(25)23-18)19(24)27-14(3)21(4,5)6/h8-11,14,18H,7,12H2,1-6H3,(H2,22,23,25)/t14-,18+/m0/s1. The van der Waals surface area contributed by atoms with E-state index in [4.69, 9.17) is 9.47 Å². The van der Waals surface area contributed by atoms with Crippen LogP contribution in [0.25, 0.3) is 0 Å². The Morgan fingerprint density at radius 1 is 1.26 bits per heavy atom. The van der Waals surface area contributed by atoms with Crippen LogP contribution in [0.4, 0.5) is 4.79 Å². The number of hydrogen-bond acceptors (Lipinski definition) is 4. The Morgan fingerprint density at radius 2 is 1.93 bits per heavy atom. The molecule has 1 aliphatic heterocycles. The lowest BCUT2D eigenvalue weighted by Crippen LogP contribution is -2.46. The van der Waals surface area contributed by atoms with E-state index >= 15 is 0 Å². The SMILES string of the molecule is CCCOc1ccccc1[C@H]1NC(=O)NC(C)=C1C(=O)O[C@@H](C)C(C)(C)C. The summed E-state index contributed by atoms with van der Waals surface area (Å²) in [5.41, 5.74) is 1.42. The van der Waals surface area contributed by atoms with Crippen LogP contribution in [0.1, 0.15) is 59.6 Å². The molecule has 1 aromatic rings. The van der Waals surface area contributed by atoms with Gasteiger partial charge in [0.1, 0.15) is 11.9 Å². The van der Waals surface area contributed by atoms with Gasteiger partial charge in [-0.2, -0.15) is 0 Å². The number of para-hydroxylation sites is 1. The van der Waals surface area contributed by atoms with E-state index in [9.17, 15) is 9.59 Å². The predicted octanol–water partition coefficient (Wildman–Crippen LogP) is 4.08. The number of nitrogens with one attached hydrogen (secondary N) is 2. The van der Waals surface area contributed by atoms with Gasteiger partial charge < -0.3 is 20.1 Å². The van der Waals surface area contributed by atoms with Crippen molar-refractivity contribution < 1.29 is 19.1 Å². The van der Waals surface area contributed by atoms with E-state index in [0.29, 0.717) is 23.6 Å². The third-order valence-corrected chi connectivity index (χ3v) is 4.68. The molecule has 0 saturated heterocycles. The molecule has 0 radical (unpaired) electrons. The highest BCUT2D eigenvalue weighted by Gasteiger charge is 2.35. The van der Waals surface area contributed by atoms with Crippen molar-refractivity contribution in [3.63, 3.8) is 0 Å².